The second kappa shape index (κ2) is 5.21. The fraction of sp³-hybridized carbons (Fsp3) is 0.588. The molecule has 1 aromatic rings. The number of rotatable bonds is 2. The molecule has 0 bridgehead atoms. The van der Waals surface area contributed by atoms with E-state index in [9.17, 15) is 4.79 Å². The van der Waals surface area contributed by atoms with Crippen LogP contribution in [0.2, 0.25) is 0 Å². The lowest BCUT2D eigenvalue weighted by Crippen LogP contribution is -2.52. The number of carbonyl (C=O) groups is 1. The molecule has 1 N–H and O–H groups in total. The number of nitrogens with one attached hydrogen (secondary N) is 1. The van der Waals surface area contributed by atoms with Crippen LogP contribution in [-0.2, 0) is 16.0 Å². The Balaban J connectivity index is 1.79. The third-order valence-electron chi connectivity index (χ3n) is 4.98. The highest BCUT2D eigenvalue weighted by Crippen LogP contribution is 2.33. The van der Waals surface area contributed by atoms with Crippen LogP contribution in [0, 0.1) is 0 Å². The molecule has 1 fully saturated rings. The topological polar surface area (TPSA) is 38.3 Å². The van der Waals surface area contributed by atoms with E-state index < -0.39 is 0 Å². The van der Waals surface area contributed by atoms with Crippen LogP contribution in [0.3, 0.4) is 0 Å². The molecule has 1 saturated heterocycles. The molecule has 0 unspecified atom stereocenters. The summed E-state index contributed by atoms with van der Waals surface area (Å²) in [5, 5.41) is 3.25. The molecule has 0 aromatic heterocycles. The Kier molecular flexibility index (Phi) is 3.55. The first-order valence-electron chi connectivity index (χ1n) is 7.61. The molecule has 1 heterocycles. The number of amides is 1. The van der Waals surface area contributed by atoms with Crippen molar-refractivity contribution in [3.8, 4) is 0 Å². The Labute approximate surface area is 120 Å². The van der Waals surface area contributed by atoms with E-state index in [-0.39, 0.29) is 23.5 Å². The molecule has 2 aliphatic rings. The van der Waals surface area contributed by atoms with Gasteiger partial charge in [0.25, 0.3) is 0 Å². The summed E-state index contributed by atoms with van der Waals surface area (Å²) in [6, 6.07) is 8.36. The van der Waals surface area contributed by atoms with Gasteiger partial charge in [0.1, 0.15) is 0 Å². The molecule has 0 saturated carbocycles. The maximum atomic E-state index is 12.7. The van der Waals surface area contributed by atoms with Crippen LogP contribution in [0.15, 0.2) is 24.3 Å². The number of carbonyl (C=O) groups excluding carboxylic acids is 1. The number of hydrogen-bond acceptors (Lipinski definition) is 2. The molecule has 0 radical (unpaired) electrons. The van der Waals surface area contributed by atoms with Crippen LogP contribution >= 0.6 is 0 Å². The van der Waals surface area contributed by atoms with Crippen molar-refractivity contribution < 1.29 is 9.53 Å². The number of hydrogen-bond donors (Lipinski definition) is 1. The van der Waals surface area contributed by atoms with Gasteiger partial charge in [0, 0.05) is 6.61 Å². The van der Waals surface area contributed by atoms with Crippen molar-refractivity contribution in [1.82, 2.24) is 5.32 Å². The average molecular weight is 273 g/mol. The van der Waals surface area contributed by atoms with Crippen molar-refractivity contribution in [2.24, 2.45) is 0 Å². The van der Waals surface area contributed by atoms with Crippen molar-refractivity contribution in [2.75, 3.05) is 6.61 Å². The summed E-state index contributed by atoms with van der Waals surface area (Å²) in [6.07, 6.45) is 4.13. The monoisotopic (exact) mass is 273 g/mol. The zero-order valence-corrected chi connectivity index (χ0v) is 12.3. The van der Waals surface area contributed by atoms with Crippen LogP contribution < -0.4 is 5.32 Å². The molecule has 1 aliphatic heterocycles. The standard InChI is InChI=1S/C17H23NO2/c1-12-17(2,10-11-20-12)18-16(19)15-9-5-7-13-6-3-4-8-14(13)15/h3-4,6,8,12,15H,5,7,9-11H2,1-2H3,(H,18,19)/t12-,15+,17-/m0/s1. The van der Waals surface area contributed by atoms with E-state index in [0.29, 0.717) is 0 Å². The highest BCUT2D eigenvalue weighted by Gasteiger charge is 2.40. The molecule has 3 heteroatoms. The van der Waals surface area contributed by atoms with Crippen molar-refractivity contribution in [3.05, 3.63) is 35.4 Å². The number of aryl methyl sites for hydroxylation is 1. The Morgan fingerprint density at radius 3 is 2.95 bits per heavy atom. The van der Waals surface area contributed by atoms with Gasteiger partial charge in [-0.1, -0.05) is 24.3 Å². The second-order valence-electron chi connectivity index (χ2n) is 6.31. The third-order valence-corrected chi connectivity index (χ3v) is 4.98. The molecule has 1 aromatic carbocycles. The highest BCUT2D eigenvalue weighted by molar-refractivity contribution is 5.85. The van der Waals surface area contributed by atoms with Gasteiger partial charge >= 0.3 is 0 Å². The smallest absolute Gasteiger partial charge is 0.228 e. The summed E-state index contributed by atoms with van der Waals surface area (Å²) in [5.74, 6) is 0.168. The Bertz CT molecular complexity index is 513. The van der Waals surface area contributed by atoms with Crippen LogP contribution in [0.25, 0.3) is 0 Å². The summed E-state index contributed by atoms with van der Waals surface area (Å²) in [6.45, 7) is 4.87. The molecule has 1 aliphatic carbocycles. The predicted octanol–water partition coefficient (Wildman–Crippen LogP) is 2.79. The van der Waals surface area contributed by atoms with Crippen LogP contribution in [0.5, 0.6) is 0 Å². The van der Waals surface area contributed by atoms with E-state index in [2.05, 4.69) is 30.4 Å². The first-order valence-corrected chi connectivity index (χ1v) is 7.61. The van der Waals surface area contributed by atoms with Crippen molar-refractivity contribution in [2.45, 2.75) is 57.1 Å². The first kappa shape index (κ1) is 13.6. The van der Waals surface area contributed by atoms with Gasteiger partial charge in [-0.05, 0) is 50.7 Å². The van der Waals surface area contributed by atoms with Gasteiger partial charge in [-0.25, -0.2) is 0 Å². The van der Waals surface area contributed by atoms with Gasteiger partial charge in [-0.15, -0.1) is 0 Å². The van der Waals surface area contributed by atoms with E-state index in [1.165, 1.54) is 11.1 Å². The van der Waals surface area contributed by atoms with Crippen LogP contribution in [-0.4, -0.2) is 24.2 Å². The maximum Gasteiger partial charge on any atom is 0.228 e. The van der Waals surface area contributed by atoms with Gasteiger partial charge in [0.15, 0.2) is 0 Å². The van der Waals surface area contributed by atoms with Crippen LogP contribution in [0.1, 0.15) is 50.2 Å². The normalized spacial score (nSPS) is 32.7. The zero-order valence-electron chi connectivity index (χ0n) is 12.3. The fourth-order valence-corrected chi connectivity index (χ4v) is 3.39. The van der Waals surface area contributed by atoms with E-state index in [0.717, 1.165) is 32.3 Å². The lowest BCUT2D eigenvalue weighted by molar-refractivity contribution is -0.125. The summed E-state index contributed by atoms with van der Waals surface area (Å²) < 4.78 is 5.61. The summed E-state index contributed by atoms with van der Waals surface area (Å²) >= 11 is 0. The minimum Gasteiger partial charge on any atom is -0.376 e. The molecule has 3 rings (SSSR count). The molecule has 1 amide bonds. The van der Waals surface area contributed by atoms with E-state index in [1.807, 2.05) is 13.0 Å². The highest BCUT2D eigenvalue weighted by atomic mass is 16.5. The molecule has 0 spiro atoms. The van der Waals surface area contributed by atoms with Crippen molar-refractivity contribution >= 4 is 5.91 Å². The maximum absolute atomic E-state index is 12.7. The van der Waals surface area contributed by atoms with E-state index in [4.69, 9.17) is 4.74 Å². The summed E-state index contributed by atoms with van der Waals surface area (Å²) in [4.78, 5) is 12.7. The number of fused-ring (bicyclic) bond motifs is 1. The first-order chi connectivity index (χ1) is 9.60. The van der Waals surface area contributed by atoms with Gasteiger partial charge in [0.05, 0.1) is 17.6 Å². The van der Waals surface area contributed by atoms with Gasteiger partial charge < -0.3 is 10.1 Å². The summed E-state index contributed by atoms with van der Waals surface area (Å²) in [7, 11) is 0. The van der Waals surface area contributed by atoms with Crippen molar-refractivity contribution in [3.63, 3.8) is 0 Å². The Morgan fingerprint density at radius 1 is 1.40 bits per heavy atom. The third kappa shape index (κ3) is 2.35. The summed E-state index contributed by atoms with van der Waals surface area (Å²) in [5.41, 5.74) is 2.33. The lowest BCUT2D eigenvalue weighted by atomic mass is 9.81. The average Bonchev–Trinajstić information content (AvgIpc) is 2.77. The predicted molar refractivity (Wildman–Crippen MR) is 78.7 cm³/mol. The molecular weight excluding hydrogens is 250 g/mol. The quantitative estimate of drug-likeness (QED) is 0.900. The SMILES string of the molecule is C[C@@H]1OCC[C@]1(C)NC(=O)[C@@H]1CCCc2ccccc21. The van der Waals surface area contributed by atoms with Crippen LogP contribution in [0.4, 0.5) is 0 Å². The minimum absolute atomic E-state index is 0.00424. The van der Waals surface area contributed by atoms with E-state index >= 15 is 0 Å². The van der Waals surface area contributed by atoms with E-state index in [1.54, 1.807) is 0 Å². The molecule has 108 valence electrons. The minimum atomic E-state index is -0.219. The number of ether oxygens (including phenoxy) is 1. The van der Waals surface area contributed by atoms with Gasteiger partial charge in [0.2, 0.25) is 5.91 Å². The second-order valence-corrected chi connectivity index (χ2v) is 6.31. The lowest BCUT2D eigenvalue weighted by Gasteiger charge is -2.32. The fourth-order valence-electron chi connectivity index (χ4n) is 3.39. The zero-order chi connectivity index (χ0) is 14.2. The molecule has 3 atom stereocenters. The molecular formula is C17H23NO2. The van der Waals surface area contributed by atoms with Gasteiger partial charge in [-0.2, -0.15) is 0 Å². The Hall–Kier alpha value is -1.35. The van der Waals surface area contributed by atoms with Crippen molar-refractivity contribution in [1.29, 1.82) is 0 Å². The Morgan fingerprint density at radius 2 is 2.20 bits per heavy atom. The molecule has 3 nitrogen and oxygen atoms in total. The van der Waals surface area contributed by atoms with Gasteiger partial charge in [-0.3, -0.25) is 4.79 Å². The molecule has 20 heavy (non-hydrogen) atoms. The number of benzene rings is 1. The largest absolute Gasteiger partial charge is 0.376 e.